The number of nitrogens with zero attached hydrogens (tertiary/aromatic N) is 1. The molecule has 0 radical (unpaired) electrons. The minimum atomic E-state index is -0.802. The molecular formula is C15H21F2NO. The Morgan fingerprint density at radius 1 is 1.21 bits per heavy atom. The monoisotopic (exact) mass is 269 g/mol. The van der Waals surface area contributed by atoms with Gasteiger partial charge >= 0.3 is 0 Å². The molecule has 1 aliphatic rings. The molecule has 2 rings (SSSR count). The number of hydrogen-bond donors (Lipinski definition) is 1. The van der Waals surface area contributed by atoms with Gasteiger partial charge in [0.05, 0.1) is 0 Å². The highest BCUT2D eigenvalue weighted by Gasteiger charge is 2.33. The molecule has 0 spiro atoms. The van der Waals surface area contributed by atoms with Crippen LogP contribution < -0.4 is 0 Å². The van der Waals surface area contributed by atoms with Gasteiger partial charge in [0, 0.05) is 6.61 Å². The summed E-state index contributed by atoms with van der Waals surface area (Å²) >= 11 is 0. The standard InChI is InChI=1S/C15H21F2NO/c1-18-7-4-15(5-8-18,6-9-19)11-12-2-3-13(16)14(17)10-12/h2-3,10,19H,4-9,11H2,1H3. The van der Waals surface area contributed by atoms with Crippen LogP contribution in [0.15, 0.2) is 18.2 Å². The molecule has 4 heteroatoms. The first-order valence-corrected chi connectivity index (χ1v) is 6.78. The molecule has 19 heavy (non-hydrogen) atoms. The van der Waals surface area contributed by atoms with Gasteiger partial charge in [-0.05, 0) is 68.9 Å². The lowest BCUT2D eigenvalue weighted by atomic mass is 9.71. The van der Waals surface area contributed by atoms with Gasteiger partial charge in [-0.25, -0.2) is 8.78 Å². The largest absolute Gasteiger partial charge is 0.396 e. The van der Waals surface area contributed by atoms with Gasteiger partial charge in [-0.1, -0.05) is 6.07 Å². The van der Waals surface area contributed by atoms with Gasteiger partial charge in [0.2, 0.25) is 0 Å². The Kier molecular flexibility index (Phi) is 4.53. The highest BCUT2D eigenvalue weighted by Crippen LogP contribution is 2.38. The number of aliphatic hydroxyl groups is 1. The molecule has 0 bridgehead atoms. The first-order valence-electron chi connectivity index (χ1n) is 6.78. The van der Waals surface area contributed by atoms with E-state index in [0.717, 1.165) is 37.9 Å². The van der Waals surface area contributed by atoms with Crippen LogP contribution in [-0.2, 0) is 6.42 Å². The number of piperidine rings is 1. The van der Waals surface area contributed by atoms with Crippen LogP contribution in [0.25, 0.3) is 0 Å². The SMILES string of the molecule is CN1CCC(CCO)(Cc2ccc(F)c(F)c2)CC1. The zero-order chi connectivity index (χ0) is 13.9. The molecule has 0 unspecified atom stereocenters. The molecule has 2 nitrogen and oxygen atoms in total. The van der Waals surface area contributed by atoms with Crippen molar-refractivity contribution in [2.45, 2.75) is 25.7 Å². The second kappa shape index (κ2) is 5.97. The molecule has 0 saturated carbocycles. The Hall–Kier alpha value is -1.00. The Morgan fingerprint density at radius 3 is 2.47 bits per heavy atom. The number of benzene rings is 1. The maximum Gasteiger partial charge on any atom is 0.159 e. The number of halogens is 2. The first kappa shape index (κ1) is 14.4. The van der Waals surface area contributed by atoms with E-state index in [1.807, 2.05) is 0 Å². The summed E-state index contributed by atoms with van der Waals surface area (Å²) in [5.74, 6) is -1.59. The molecule has 1 saturated heterocycles. The fourth-order valence-corrected chi connectivity index (χ4v) is 2.93. The lowest BCUT2D eigenvalue weighted by Crippen LogP contribution is -2.39. The first-order chi connectivity index (χ1) is 9.04. The molecule has 1 aromatic carbocycles. The number of rotatable bonds is 4. The van der Waals surface area contributed by atoms with Crippen LogP contribution >= 0.6 is 0 Å². The van der Waals surface area contributed by atoms with Crippen molar-refractivity contribution in [3.8, 4) is 0 Å². The maximum atomic E-state index is 13.3. The van der Waals surface area contributed by atoms with E-state index < -0.39 is 11.6 Å². The van der Waals surface area contributed by atoms with Crippen LogP contribution in [-0.4, -0.2) is 36.8 Å². The van der Waals surface area contributed by atoms with Crippen molar-refractivity contribution in [3.63, 3.8) is 0 Å². The molecule has 0 aliphatic carbocycles. The smallest absolute Gasteiger partial charge is 0.159 e. The number of likely N-dealkylation sites (tertiary alicyclic amines) is 1. The molecule has 106 valence electrons. The van der Waals surface area contributed by atoms with Gasteiger partial charge in [0.15, 0.2) is 11.6 Å². The summed E-state index contributed by atoms with van der Waals surface area (Å²) in [6.45, 7) is 2.13. The lowest BCUT2D eigenvalue weighted by molar-refractivity contribution is 0.0883. The Labute approximate surface area is 113 Å². The topological polar surface area (TPSA) is 23.5 Å². The van der Waals surface area contributed by atoms with Crippen molar-refractivity contribution in [1.82, 2.24) is 4.90 Å². The van der Waals surface area contributed by atoms with Crippen LogP contribution in [0.2, 0.25) is 0 Å². The molecule has 0 aromatic heterocycles. The summed E-state index contributed by atoms with van der Waals surface area (Å²) in [5, 5.41) is 9.28. The Morgan fingerprint density at radius 2 is 1.89 bits per heavy atom. The highest BCUT2D eigenvalue weighted by molar-refractivity contribution is 5.19. The zero-order valence-corrected chi connectivity index (χ0v) is 11.3. The molecule has 1 N–H and O–H groups in total. The summed E-state index contributed by atoms with van der Waals surface area (Å²) in [4.78, 5) is 2.26. The van der Waals surface area contributed by atoms with Gasteiger partial charge in [-0.3, -0.25) is 0 Å². The number of hydrogen-bond acceptors (Lipinski definition) is 2. The van der Waals surface area contributed by atoms with Crippen molar-refractivity contribution < 1.29 is 13.9 Å². The quantitative estimate of drug-likeness (QED) is 0.908. The molecule has 1 aromatic rings. The summed E-state index contributed by atoms with van der Waals surface area (Å²) in [6, 6.07) is 4.12. The second-order valence-corrected chi connectivity index (χ2v) is 5.70. The third kappa shape index (κ3) is 3.51. The van der Waals surface area contributed by atoms with E-state index in [1.54, 1.807) is 6.07 Å². The predicted octanol–water partition coefficient (Wildman–Crippen LogP) is 2.60. The van der Waals surface area contributed by atoms with Crippen molar-refractivity contribution in [3.05, 3.63) is 35.4 Å². The van der Waals surface area contributed by atoms with E-state index >= 15 is 0 Å². The molecular weight excluding hydrogens is 248 g/mol. The summed E-state index contributed by atoms with van der Waals surface area (Å²) < 4.78 is 26.2. The van der Waals surface area contributed by atoms with E-state index in [2.05, 4.69) is 11.9 Å². The third-order valence-electron chi connectivity index (χ3n) is 4.25. The third-order valence-corrected chi connectivity index (χ3v) is 4.25. The van der Waals surface area contributed by atoms with E-state index in [4.69, 9.17) is 0 Å². The van der Waals surface area contributed by atoms with Gasteiger partial charge in [0.1, 0.15) is 0 Å². The van der Waals surface area contributed by atoms with Gasteiger partial charge in [0.25, 0.3) is 0 Å². The fourth-order valence-electron chi connectivity index (χ4n) is 2.93. The van der Waals surface area contributed by atoms with E-state index in [1.165, 1.54) is 12.1 Å². The molecule has 1 aliphatic heterocycles. The van der Waals surface area contributed by atoms with E-state index in [0.29, 0.717) is 6.42 Å². The van der Waals surface area contributed by atoms with Crippen molar-refractivity contribution in [1.29, 1.82) is 0 Å². The van der Waals surface area contributed by atoms with Crippen molar-refractivity contribution in [2.24, 2.45) is 5.41 Å². The lowest BCUT2D eigenvalue weighted by Gasteiger charge is -2.40. The molecule has 1 heterocycles. The van der Waals surface area contributed by atoms with Crippen LogP contribution in [0.3, 0.4) is 0 Å². The van der Waals surface area contributed by atoms with Gasteiger partial charge in [-0.2, -0.15) is 0 Å². The summed E-state index contributed by atoms with van der Waals surface area (Å²) in [6.07, 6.45) is 3.41. The predicted molar refractivity (Wildman–Crippen MR) is 70.9 cm³/mol. The van der Waals surface area contributed by atoms with Crippen LogP contribution in [0.1, 0.15) is 24.8 Å². The average Bonchev–Trinajstić information content (AvgIpc) is 2.38. The minimum absolute atomic E-state index is 0.0194. The molecule has 0 atom stereocenters. The van der Waals surface area contributed by atoms with Crippen LogP contribution in [0.4, 0.5) is 8.78 Å². The Bertz CT molecular complexity index is 428. The van der Waals surface area contributed by atoms with Gasteiger partial charge in [-0.15, -0.1) is 0 Å². The summed E-state index contributed by atoms with van der Waals surface area (Å²) in [7, 11) is 2.08. The zero-order valence-electron chi connectivity index (χ0n) is 11.3. The normalized spacial score (nSPS) is 19.6. The molecule has 1 fully saturated rings. The van der Waals surface area contributed by atoms with Crippen molar-refractivity contribution in [2.75, 3.05) is 26.7 Å². The highest BCUT2D eigenvalue weighted by atomic mass is 19.2. The van der Waals surface area contributed by atoms with Crippen LogP contribution in [0, 0.1) is 17.0 Å². The van der Waals surface area contributed by atoms with E-state index in [9.17, 15) is 13.9 Å². The fraction of sp³-hybridized carbons (Fsp3) is 0.600. The number of aliphatic hydroxyl groups excluding tert-OH is 1. The summed E-state index contributed by atoms with van der Waals surface area (Å²) in [5.41, 5.74) is 0.836. The minimum Gasteiger partial charge on any atom is -0.396 e. The van der Waals surface area contributed by atoms with Gasteiger partial charge < -0.3 is 10.0 Å². The van der Waals surface area contributed by atoms with Crippen molar-refractivity contribution >= 4 is 0 Å². The van der Waals surface area contributed by atoms with Crippen LogP contribution in [0.5, 0.6) is 0 Å². The molecule has 0 amide bonds. The second-order valence-electron chi connectivity index (χ2n) is 5.70. The average molecular weight is 269 g/mol. The van der Waals surface area contributed by atoms with E-state index in [-0.39, 0.29) is 12.0 Å². The maximum absolute atomic E-state index is 13.3. The Balaban J connectivity index is 2.13.